The molecular formula is C16H17FO2. The molecule has 0 saturated heterocycles. The van der Waals surface area contributed by atoms with Crippen LogP contribution in [0.3, 0.4) is 0 Å². The number of aliphatic hydroxyl groups is 1. The molecule has 0 aliphatic carbocycles. The van der Waals surface area contributed by atoms with E-state index in [0.717, 1.165) is 11.1 Å². The smallest absolute Gasteiger partial charge is 0.126 e. The van der Waals surface area contributed by atoms with E-state index in [1.165, 1.54) is 6.07 Å². The van der Waals surface area contributed by atoms with E-state index < -0.39 is 6.10 Å². The molecule has 0 amide bonds. The lowest BCUT2D eigenvalue weighted by atomic mass is 10.1. The van der Waals surface area contributed by atoms with Crippen molar-refractivity contribution in [2.24, 2.45) is 0 Å². The van der Waals surface area contributed by atoms with Crippen LogP contribution < -0.4 is 4.74 Å². The third-order valence-corrected chi connectivity index (χ3v) is 3.00. The van der Waals surface area contributed by atoms with Crippen molar-refractivity contribution in [3.8, 4) is 5.75 Å². The van der Waals surface area contributed by atoms with E-state index >= 15 is 0 Å². The minimum atomic E-state index is -0.689. The Kier molecular flexibility index (Phi) is 4.17. The highest BCUT2D eigenvalue weighted by molar-refractivity contribution is 5.29. The van der Waals surface area contributed by atoms with Gasteiger partial charge in [-0.25, -0.2) is 4.39 Å². The quantitative estimate of drug-likeness (QED) is 0.910. The zero-order chi connectivity index (χ0) is 13.8. The van der Waals surface area contributed by atoms with E-state index in [9.17, 15) is 9.50 Å². The molecule has 2 rings (SSSR count). The molecule has 0 spiro atoms. The van der Waals surface area contributed by atoms with Gasteiger partial charge in [0.25, 0.3) is 0 Å². The van der Waals surface area contributed by atoms with Gasteiger partial charge >= 0.3 is 0 Å². The van der Waals surface area contributed by atoms with Crippen molar-refractivity contribution < 1.29 is 14.2 Å². The number of hydrogen-bond acceptors (Lipinski definition) is 2. The maximum Gasteiger partial charge on any atom is 0.126 e. The van der Waals surface area contributed by atoms with E-state index in [4.69, 9.17) is 4.74 Å². The monoisotopic (exact) mass is 260 g/mol. The number of rotatable bonds is 4. The van der Waals surface area contributed by atoms with Gasteiger partial charge in [0.05, 0.1) is 0 Å². The number of hydrogen-bond donors (Lipinski definition) is 1. The second kappa shape index (κ2) is 5.85. The van der Waals surface area contributed by atoms with Gasteiger partial charge in [-0.2, -0.15) is 0 Å². The first-order valence-corrected chi connectivity index (χ1v) is 6.20. The predicted octanol–water partition coefficient (Wildman–Crippen LogP) is 3.55. The molecule has 100 valence electrons. The number of aryl methyl sites for hydroxylation is 2. The van der Waals surface area contributed by atoms with Gasteiger partial charge in [0.1, 0.15) is 24.3 Å². The minimum Gasteiger partial charge on any atom is -0.491 e. The Balaban J connectivity index is 1.98. The molecule has 0 aromatic heterocycles. The van der Waals surface area contributed by atoms with Gasteiger partial charge in [0.2, 0.25) is 0 Å². The van der Waals surface area contributed by atoms with Gasteiger partial charge in [0, 0.05) is 0 Å². The largest absolute Gasteiger partial charge is 0.491 e. The molecule has 2 nitrogen and oxygen atoms in total. The highest BCUT2D eigenvalue weighted by atomic mass is 19.1. The SMILES string of the molecule is Cc1ccc(C(O)COc2ccc(F)c(C)c2)cc1. The van der Waals surface area contributed by atoms with Crippen molar-refractivity contribution in [2.75, 3.05) is 6.61 Å². The second-order valence-corrected chi connectivity index (χ2v) is 4.65. The molecule has 1 N–H and O–H groups in total. The van der Waals surface area contributed by atoms with Gasteiger partial charge < -0.3 is 9.84 Å². The van der Waals surface area contributed by atoms with Gasteiger partial charge in [-0.15, -0.1) is 0 Å². The Labute approximate surface area is 112 Å². The van der Waals surface area contributed by atoms with Crippen LogP contribution in [0.25, 0.3) is 0 Å². The zero-order valence-corrected chi connectivity index (χ0v) is 11.1. The van der Waals surface area contributed by atoms with Crippen molar-refractivity contribution in [2.45, 2.75) is 20.0 Å². The normalized spacial score (nSPS) is 12.2. The summed E-state index contributed by atoms with van der Waals surface area (Å²) in [5, 5.41) is 10.00. The van der Waals surface area contributed by atoms with Crippen molar-refractivity contribution in [1.29, 1.82) is 0 Å². The van der Waals surface area contributed by atoms with Crippen molar-refractivity contribution in [1.82, 2.24) is 0 Å². The highest BCUT2D eigenvalue weighted by Crippen LogP contribution is 2.19. The fraction of sp³-hybridized carbons (Fsp3) is 0.250. The summed E-state index contributed by atoms with van der Waals surface area (Å²) in [5.74, 6) is 0.302. The Morgan fingerprint density at radius 1 is 1.11 bits per heavy atom. The van der Waals surface area contributed by atoms with Crippen LogP contribution in [0.1, 0.15) is 22.8 Å². The zero-order valence-electron chi connectivity index (χ0n) is 11.1. The summed E-state index contributed by atoms with van der Waals surface area (Å²) >= 11 is 0. The molecule has 2 aromatic carbocycles. The topological polar surface area (TPSA) is 29.5 Å². The van der Waals surface area contributed by atoms with Crippen LogP contribution >= 0.6 is 0 Å². The van der Waals surface area contributed by atoms with E-state index in [2.05, 4.69) is 0 Å². The third-order valence-electron chi connectivity index (χ3n) is 3.00. The Hall–Kier alpha value is -1.87. The minimum absolute atomic E-state index is 0.147. The summed E-state index contributed by atoms with van der Waals surface area (Å²) in [5.41, 5.74) is 2.48. The van der Waals surface area contributed by atoms with Gasteiger partial charge in [-0.1, -0.05) is 29.8 Å². The second-order valence-electron chi connectivity index (χ2n) is 4.65. The Morgan fingerprint density at radius 3 is 2.42 bits per heavy atom. The number of benzene rings is 2. The molecule has 0 aliphatic rings. The molecular weight excluding hydrogens is 243 g/mol. The molecule has 0 saturated carbocycles. The highest BCUT2D eigenvalue weighted by Gasteiger charge is 2.08. The summed E-state index contributed by atoms with van der Waals surface area (Å²) < 4.78 is 18.6. The number of halogens is 1. The summed E-state index contributed by atoms with van der Waals surface area (Å²) in [4.78, 5) is 0. The lowest BCUT2D eigenvalue weighted by Crippen LogP contribution is -2.09. The van der Waals surface area contributed by atoms with Crippen molar-refractivity contribution in [3.63, 3.8) is 0 Å². The lowest BCUT2D eigenvalue weighted by Gasteiger charge is -2.13. The first-order chi connectivity index (χ1) is 9.06. The van der Waals surface area contributed by atoms with Gasteiger partial charge in [-0.05, 0) is 43.2 Å². The predicted molar refractivity (Wildman–Crippen MR) is 72.8 cm³/mol. The molecule has 19 heavy (non-hydrogen) atoms. The average molecular weight is 260 g/mol. The van der Waals surface area contributed by atoms with Crippen LogP contribution in [-0.2, 0) is 0 Å². The van der Waals surface area contributed by atoms with Crippen LogP contribution in [0.2, 0.25) is 0 Å². The van der Waals surface area contributed by atoms with Crippen LogP contribution in [0.15, 0.2) is 42.5 Å². The molecule has 2 aromatic rings. The standard InChI is InChI=1S/C16H17FO2/c1-11-3-5-13(6-4-11)16(18)10-19-14-7-8-15(17)12(2)9-14/h3-9,16,18H,10H2,1-2H3. The van der Waals surface area contributed by atoms with Crippen molar-refractivity contribution in [3.05, 3.63) is 65.0 Å². The first kappa shape index (κ1) is 13.6. The summed E-state index contributed by atoms with van der Waals surface area (Å²) in [6.07, 6.45) is -0.689. The van der Waals surface area contributed by atoms with E-state index in [0.29, 0.717) is 11.3 Å². The van der Waals surface area contributed by atoms with Crippen LogP contribution in [0.4, 0.5) is 4.39 Å². The Morgan fingerprint density at radius 2 is 1.79 bits per heavy atom. The Bertz CT molecular complexity index is 549. The number of aliphatic hydroxyl groups excluding tert-OH is 1. The van der Waals surface area contributed by atoms with E-state index in [1.807, 2.05) is 31.2 Å². The summed E-state index contributed by atoms with van der Waals surface area (Å²) in [6, 6.07) is 12.2. The summed E-state index contributed by atoms with van der Waals surface area (Å²) in [6.45, 7) is 3.82. The average Bonchev–Trinajstić information content (AvgIpc) is 2.40. The summed E-state index contributed by atoms with van der Waals surface area (Å²) in [7, 11) is 0. The molecule has 0 radical (unpaired) electrons. The first-order valence-electron chi connectivity index (χ1n) is 6.20. The van der Waals surface area contributed by atoms with E-state index in [1.54, 1.807) is 19.1 Å². The van der Waals surface area contributed by atoms with Crippen LogP contribution in [0, 0.1) is 19.7 Å². The van der Waals surface area contributed by atoms with Crippen molar-refractivity contribution >= 4 is 0 Å². The van der Waals surface area contributed by atoms with Crippen LogP contribution in [0.5, 0.6) is 5.75 Å². The maximum atomic E-state index is 13.1. The lowest BCUT2D eigenvalue weighted by molar-refractivity contribution is 0.108. The molecule has 1 unspecified atom stereocenters. The van der Waals surface area contributed by atoms with Gasteiger partial charge in [-0.3, -0.25) is 0 Å². The third kappa shape index (κ3) is 3.55. The number of ether oxygens (including phenoxy) is 1. The fourth-order valence-corrected chi connectivity index (χ4v) is 1.77. The van der Waals surface area contributed by atoms with Gasteiger partial charge in [0.15, 0.2) is 0 Å². The molecule has 0 heterocycles. The fourth-order valence-electron chi connectivity index (χ4n) is 1.77. The molecule has 3 heteroatoms. The molecule has 0 fully saturated rings. The van der Waals surface area contributed by atoms with E-state index in [-0.39, 0.29) is 12.4 Å². The van der Waals surface area contributed by atoms with Crippen LogP contribution in [-0.4, -0.2) is 11.7 Å². The maximum absolute atomic E-state index is 13.1. The molecule has 1 atom stereocenters. The molecule has 0 aliphatic heterocycles. The molecule has 0 bridgehead atoms.